The zero-order valence-corrected chi connectivity index (χ0v) is 17.3. The van der Waals surface area contributed by atoms with Crippen molar-refractivity contribution in [3.63, 3.8) is 0 Å². The number of aromatic nitrogens is 3. The summed E-state index contributed by atoms with van der Waals surface area (Å²) >= 11 is 1.57. The van der Waals surface area contributed by atoms with Gasteiger partial charge in [0.2, 0.25) is 0 Å². The second-order valence-electron chi connectivity index (χ2n) is 7.08. The van der Waals surface area contributed by atoms with Crippen molar-refractivity contribution >= 4 is 23.3 Å². The Bertz CT molecular complexity index is 1240. The van der Waals surface area contributed by atoms with Crippen molar-refractivity contribution in [2.75, 3.05) is 6.26 Å². The van der Waals surface area contributed by atoms with Gasteiger partial charge in [-0.05, 0) is 47.7 Å². The van der Waals surface area contributed by atoms with Crippen LogP contribution in [0, 0.1) is 0 Å². The molecule has 5 rings (SSSR count). The van der Waals surface area contributed by atoms with Gasteiger partial charge in [-0.15, -0.1) is 11.8 Å². The molecule has 2 aromatic heterocycles. The fraction of sp³-hybridized carbons (Fsp3) is 0.174. The van der Waals surface area contributed by atoms with Crippen molar-refractivity contribution in [2.45, 2.75) is 24.8 Å². The molecule has 0 fully saturated rings. The molecule has 7 heteroatoms. The summed E-state index contributed by atoms with van der Waals surface area (Å²) in [7, 11) is 0. The van der Waals surface area contributed by atoms with E-state index in [1.165, 1.54) is 11.1 Å². The average Bonchev–Trinajstić information content (AvgIpc) is 3.41. The highest BCUT2D eigenvalue weighted by Crippen LogP contribution is 2.29. The number of thioether (sulfide) groups is 1. The van der Waals surface area contributed by atoms with Crippen LogP contribution >= 0.6 is 11.8 Å². The molecule has 0 saturated carbocycles. The summed E-state index contributed by atoms with van der Waals surface area (Å²) in [5, 5.41) is 8.62. The molecule has 1 aliphatic heterocycles. The highest BCUT2D eigenvalue weighted by Gasteiger charge is 2.19. The number of imidazole rings is 1. The standard InChI is InChI=1S/C23H20N4O2S/c1-30-21-10-9-20-25-22(16-7-8-17-13-29-14-18(17)11-16)19(27(20)26-21)12-24-23(28)15-5-3-2-4-6-15/h2-11H,12-14H2,1H3,(H,24,28). The summed E-state index contributed by atoms with van der Waals surface area (Å²) in [5.74, 6) is -0.125. The smallest absolute Gasteiger partial charge is 0.251 e. The van der Waals surface area contributed by atoms with Crippen LogP contribution in [0.25, 0.3) is 16.9 Å². The summed E-state index contributed by atoms with van der Waals surface area (Å²) in [6.45, 7) is 1.59. The summed E-state index contributed by atoms with van der Waals surface area (Å²) in [6, 6.07) is 19.4. The number of nitrogens with zero attached hydrogens (tertiary/aromatic N) is 3. The first-order valence-electron chi connectivity index (χ1n) is 9.69. The molecule has 150 valence electrons. The maximum atomic E-state index is 12.6. The van der Waals surface area contributed by atoms with Crippen LogP contribution in [0.1, 0.15) is 27.2 Å². The van der Waals surface area contributed by atoms with Crippen molar-refractivity contribution in [1.29, 1.82) is 0 Å². The van der Waals surface area contributed by atoms with Crippen molar-refractivity contribution in [3.05, 3.63) is 83.0 Å². The van der Waals surface area contributed by atoms with Gasteiger partial charge < -0.3 is 10.1 Å². The Morgan fingerprint density at radius 3 is 2.77 bits per heavy atom. The Hall–Kier alpha value is -3.16. The summed E-state index contributed by atoms with van der Waals surface area (Å²) in [6.07, 6.45) is 1.99. The lowest BCUT2D eigenvalue weighted by Crippen LogP contribution is -2.24. The minimum absolute atomic E-state index is 0.125. The van der Waals surface area contributed by atoms with Crippen molar-refractivity contribution < 1.29 is 9.53 Å². The third-order valence-electron chi connectivity index (χ3n) is 5.20. The topological polar surface area (TPSA) is 68.5 Å². The molecule has 0 bridgehead atoms. The van der Waals surface area contributed by atoms with E-state index in [0.717, 1.165) is 27.6 Å². The van der Waals surface area contributed by atoms with Gasteiger partial charge in [0.25, 0.3) is 5.91 Å². The van der Waals surface area contributed by atoms with E-state index in [4.69, 9.17) is 14.8 Å². The number of benzene rings is 2. The zero-order valence-electron chi connectivity index (χ0n) is 16.5. The maximum Gasteiger partial charge on any atom is 0.251 e. The fourth-order valence-electron chi connectivity index (χ4n) is 3.64. The zero-order chi connectivity index (χ0) is 20.5. The van der Waals surface area contributed by atoms with Gasteiger partial charge in [0.15, 0.2) is 5.65 Å². The Kier molecular flexibility index (Phi) is 4.98. The molecule has 4 aromatic rings. The minimum Gasteiger partial charge on any atom is -0.372 e. The normalized spacial score (nSPS) is 12.8. The molecule has 0 spiro atoms. The number of amides is 1. The van der Waals surface area contributed by atoms with E-state index in [1.54, 1.807) is 23.9 Å². The summed E-state index contributed by atoms with van der Waals surface area (Å²) < 4.78 is 7.39. The lowest BCUT2D eigenvalue weighted by molar-refractivity contribution is 0.0950. The van der Waals surface area contributed by atoms with Crippen LogP contribution in [0.4, 0.5) is 0 Å². The van der Waals surface area contributed by atoms with E-state index in [2.05, 4.69) is 23.5 Å². The monoisotopic (exact) mass is 416 g/mol. The highest BCUT2D eigenvalue weighted by atomic mass is 32.2. The van der Waals surface area contributed by atoms with E-state index < -0.39 is 0 Å². The number of ether oxygens (including phenoxy) is 1. The first-order valence-corrected chi connectivity index (χ1v) is 10.9. The number of nitrogens with one attached hydrogen (secondary N) is 1. The molecule has 30 heavy (non-hydrogen) atoms. The molecule has 3 heterocycles. The van der Waals surface area contributed by atoms with Crippen LogP contribution in [-0.4, -0.2) is 26.8 Å². The maximum absolute atomic E-state index is 12.6. The lowest BCUT2D eigenvalue weighted by atomic mass is 10.0. The van der Waals surface area contributed by atoms with E-state index >= 15 is 0 Å². The molecule has 0 unspecified atom stereocenters. The van der Waals surface area contributed by atoms with Gasteiger partial charge in [-0.2, -0.15) is 5.10 Å². The number of carbonyl (C=O) groups is 1. The number of carbonyl (C=O) groups excluding carboxylic acids is 1. The number of fused-ring (bicyclic) bond motifs is 2. The molecule has 0 radical (unpaired) electrons. The van der Waals surface area contributed by atoms with E-state index in [9.17, 15) is 4.79 Å². The second-order valence-corrected chi connectivity index (χ2v) is 7.90. The van der Waals surface area contributed by atoms with Gasteiger partial charge in [-0.1, -0.05) is 30.3 Å². The predicted molar refractivity (Wildman–Crippen MR) is 116 cm³/mol. The van der Waals surface area contributed by atoms with Crippen LogP contribution in [0.3, 0.4) is 0 Å². The third kappa shape index (κ3) is 3.46. The summed E-state index contributed by atoms with van der Waals surface area (Å²) in [4.78, 5) is 17.5. The van der Waals surface area contributed by atoms with Gasteiger partial charge in [-0.3, -0.25) is 4.79 Å². The van der Waals surface area contributed by atoms with Crippen LogP contribution in [0.15, 0.2) is 65.7 Å². The largest absolute Gasteiger partial charge is 0.372 e. The van der Waals surface area contributed by atoms with Crippen molar-refractivity contribution in [1.82, 2.24) is 19.9 Å². The molecule has 6 nitrogen and oxygen atoms in total. The fourth-order valence-corrected chi connectivity index (χ4v) is 4.00. The van der Waals surface area contributed by atoms with Gasteiger partial charge in [-0.25, -0.2) is 9.50 Å². The molecular formula is C23H20N4O2S. The van der Waals surface area contributed by atoms with Crippen LogP contribution < -0.4 is 5.32 Å². The Morgan fingerprint density at radius 2 is 1.93 bits per heavy atom. The minimum atomic E-state index is -0.125. The first-order chi connectivity index (χ1) is 14.7. The Morgan fingerprint density at radius 1 is 1.10 bits per heavy atom. The van der Waals surface area contributed by atoms with Crippen LogP contribution in [-0.2, 0) is 24.5 Å². The number of hydrogen-bond acceptors (Lipinski definition) is 5. The number of hydrogen-bond donors (Lipinski definition) is 1. The SMILES string of the molecule is CSc1ccc2nc(-c3ccc4c(c3)COC4)c(CNC(=O)c3ccccc3)n2n1. The molecule has 0 atom stereocenters. The van der Waals surface area contributed by atoms with Gasteiger partial charge in [0.1, 0.15) is 5.03 Å². The van der Waals surface area contributed by atoms with Gasteiger partial charge >= 0.3 is 0 Å². The molecule has 1 aliphatic rings. The van der Waals surface area contributed by atoms with Crippen LogP contribution in [0.2, 0.25) is 0 Å². The first kappa shape index (κ1) is 18.8. The van der Waals surface area contributed by atoms with Gasteiger partial charge in [0, 0.05) is 11.1 Å². The molecule has 1 N–H and O–H groups in total. The quantitative estimate of drug-likeness (QED) is 0.497. The molecule has 0 aliphatic carbocycles. The average molecular weight is 417 g/mol. The predicted octanol–water partition coefficient (Wildman–Crippen LogP) is 4.08. The Balaban J connectivity index is 1.55. The van der Waals surface area contributed by atoms with Crippen LogP contribution in [0.5, 0.6) is 0 Å². The molecule has 2 aromatic carbocycles. The van der Waals surface area contributed by atoms with Crippen molar-refractivity contribution in [3.8, 4) is 11.3 Å². The van der Waals surface area contributed by atoms with E-state index in [1.807, 2.05) is 41.1 Å². The van der Waals surface area contributed by atoms with E-state index in [-0.39, 0.29) is 5.91 Å². The molecule has 0 saturated heterocycles. The third-order valence-corrected chi connectivity index (χ3v) is 5.84. The molecular weight excluding hydrogens is 396 g/mol. The molecule has 1 amide bonds. The van der Waals surface area contributed by atoms with Crippen molar-refractivity contribution in [2.24, 2.45) is 0 Å². The second kappa shape index (κ2) is 7.93. The lowest BCUT2D eigenvalue weighted by Gasteiger charge is -2.09. The van der Waals surface area contributed by atoms with E-state index in [0.29, 0.717) is 25.3 Å². The number of rotatable bonds is 5. The van der Waals surface area contributed by atoms with Gasteiger partial charge in [0.05, 0.1) is 31.1 Å². The highest BCUT2D eigenvalue weighted by molar-refractivity contribution is 7.98. The summed E-state index contributed by atoms with van der Waals surface area (Å²) in [5.41, 5.74) is 6.45. The Labute approximate surface area is 178 Å².